The van der Waals surface area contributed by atoms with Gasteiger partial charge in [-0.05, 0) is 30.6 Å². The zero-order valence-electron chi connectivity index (χ0n) is 20.2. The number of primary amides is 1. The van der Waals surface area contributed by atoms with Crippen LogP contribution in [0, 0.1) is 17.7 Å². The number of aromatic nitrogens is 4. The molecule has 4 rings (SSSR count). The molecule has 1 fully saturated rings. The van der Waals surface area contributed by atoms with Gasteiger partial charge in [-0.25, -0.2) is 14.1 Å². The lowest BCUT2D eigenvalue weighted by molar-refractivity contribution is -0.127. The van der Waals surface area contributed by atoms with Crippen molar-refractivity contribution in [3.8, 4) is 11.8 Å². The molecular weight excluding hydrogens is 467 g/mol. The average molecular weight is 495 g/mol. The van der Waals surface area contributed by atoms with Crippen LogP contribution >= 0.6 is 0 Å². The molecule has 36 heavy (non-hydrogen) atoms. The van der Waals surface area contributed by atoms with Gasteiger partial charge in [-0.2, -0.15) is 5.10 Å². The van der Waals surface area contributed by atoms with Gasteiger partial charge < -0.3 is 31.0 Å². The van der Waals surface area contributed by atoms with Crippen molar-refractivity contribution in [1.29, 1.82) is 0 Å². The molecule has 1 aromatic carbocycles. The van der Waals surface area contributed by atoms with Crippen molar-refractivity contribution >= 4 is 34.6 Å². The van der Waals surface area contributed by atoms with Crippen LogP contribution in [0.2, 0.25) is 0 Å². The van der Waals surface area contributed by atoms with Crippen molar-refractivity contribution in [1.82, 2.24) is 24.2 Å². The number of hydrogen-bond donors (Lipinski definition) is 3. The first kappa shape index (κ1) is 24.7. The Balaban J connectivity index is 1.76. The number of imidazole rings is 1. The van der Waals surface area contributed by atoms with E-state index in [1.165, 1.54) is 12.1 Å². The van der Waals surface area contributed by atoms with Gasteiger partial charge >= 0.3 is 0 Å². The molecular formula is C24H27FN8O3. The molecule has 2 atom stereocenters. The minimum Gasteiger partial charge on any atom is -0.383 e. The molecule has 3 heterocycles. The maximum Gasteiger partial charge on any atom is 0.255 e. The summed E-state index contributed by atoms with van der Waals surface area (Å²) in [5, 5.41) is 7.50. The quantitative estimate of drug-likeness (QED) is 0.342. The second kappa shape index (κ2) is 9.71. The molecule has 12 heteroatoms. The summed E-state index contributed by atoms with van der Waals surface area (Å²) in [7, 11) is 4.88. The molecule has 5 N–H and O–H groups in total. The molecule has 0 bridgehead atoms. The third kappa shape index (κ3) is 4.14. The highest BCUT2D eigenvalue weighted by atomic mass is 19.1. The minimum absolute atomic E-state index is 0.0698. The lowest BCUT2D eigenvalue weighted by Crippen LogP contribution is -2.37. The number of halogens is 1. The zero-order valence-corrected chi connectivity index (χ0v) is 20.2. The lowest BCUT2D eigenvalue weighted by atomic mass is 10.1. The molecule has 1 aliphatic rings. The Morgan fingerprint density at radius 3 is 2.78 bits per heavy atom. The van der Waals surface area contributed by atoms with Gasteiger partial charge in [0.1, 0.15) is 16.9 Å². The van der Waals surface area contributed by atoms with E-state index in [0.29, 0.717) is 30.9 Å². The fourth-order valence-corrected chi connectivity index (χ4v) is 4.53. The van der Waals surface area contributed by atoms with Crippen molar-refractivity contribution in [2.24, 2.45) is 12.8 Å². The Hall–Kier alpha value is -4.37. The number of nitrogens with one attached hydrogen (secondary N) is 1. The number of carbonyl (C=O) groups is 2. The summed E-state index contributed by atoms with van der Waals surface area (Å²) in [6, 6.07) is 2.70. The number of benzene rings is 1. The number of nitrogen functional groups attached to an aromatic ring is 1. The lowest BCUT2D eigenvalue weighted by Gasteiger charge is -2.22. The number of ether oxygens (including phenoxy) is 1. The van der Waals surface area contributed by atoms with Gasteiger partial charge in [0.05, 0.1) is 29.8 Å². The van der Waals surface area contributed by atoms with Crippen LogP contribution < -0.4 is 16.8 Å². The van der Waals surface area contributed by atoms with E-state index in [0.717, 1.165) is 0 Å². The Bertz CT molecular complexity index is 1430. The van der Waals surface area contributed by atoms with Crippen molar-refractivity contribution < 1.29 is 18.7 Å². The summed E-state index contributed by atoms with van der Waals surface area (Å²) in [5.74, 6) is 4.46. The molecule has 1 aliphatic heterocycles. The van der Waals surface area contributed by atoms with E-state index < -0.39 is 11.7 Å². The van der Waals surface area contributed by atoms with Gasteiger partial charge in [0.2, 0.25) is 11.9 Å². The van der Waals surface area contributed by atoms with E-state index in [2.05, 4.69) is 33.8 Å². The van der Waals surface area contributed by atoms with E-state index >= 15 is 4.39 Å². The molecule has 2 aromatic heterocycles. The van der Waals surface area contributed by atoms with Gasteiger partial charge in [-0.1, -0.05) is 12.5 Å². The number of hydrogen-bond acceptors (Lipinski definition) is 7. The van der Waals surface area contributed by atoms with Gasteiger partial charge in [-0.15, -0.1) is 0 Å². The predicted octanol–water partition coefficient (Wildman–Crippen LogP) is 1.01. The second-order valence-corrected chi connectivity index (χ2v) is 8.40. The van der Waals surface area contributed by atoms with Gasteiger partial charge in [-0.3, -0.25) is 9.59 Å². The number of carbonyl (C=O) groups excluding carboxylic acids is 2. The standard InChI is InChI=1S/C24H27FN8O3/c1-5-18(34)32-11-14(10-15(32)12-36-4)33-23(28-2)19(22(26)35)16(30-33)8-6-13-7-9-17-21(20(13)25)29-24(27)31(17)3/h5,7,9,14-15,28H,1,10-12H2,2-4H3,(H2,26,35)(H2,27,29)/t14?,15-/m1/s1. The van der Waals surface area contributed by atoms with Gasteiger partial charge in [0, 0.05) is 27.7 Å². The third-order valence-corrected chi connectivity index (χ3v) is 6.29. The van der Waals surface area contributed by atoms with Crippen LogP contribution in [0.15, 0.2) is 24.8 Å². The van der Waals surface area contributed by atoms with E-state index in [9.17, 15) is 9.59 Å². The highest BCUT2D eigenvalue weighted by molar-refractivity contribution is 6.00. The zero-order chi connectivity index (χ0) is 26.1. The number of aryl methyl sites for hydroxylation is 1. The summed E-state index contributed by atoms with van der Waals surface area (Å²) in [5.41, 5.74) is 12.3. The summed E-state index contributed by atoms with van der Waals surface area (Å²) in [4.78, 5) is 30.5. The summed E-state index contributed by atoms with van der Waals surface area (Å²) in [6.45, 7) is 4.23. The number of fused-ring (bicyclic) bond motifs is 1. The van der Waals surface area contributed by atoms with Crippen LogP contribution in [0.4, 0.5) is 16.2 Å². The Morgan fingerprint density at radius 1 is 1.39 bits per heavy atom. The van der Waals surface area contributed by atoms with Crippen LogP contribution in [-0.4, -0.2) is 69.4 Å². The van der Waals surface area contributed by atoms with Crippen LogP contribution in [0.25, 0.3) is 11.0 Å². The fourth-order valence-electron chi connectivity index (χ4n) is 4.53. The van der Waals surface area contributed by atoms with Crippen molar-refractivity contribution in [3.63, 3.8) is 0 Å². The largest absolute Gasteiger partial charge is 0.383 e. The Labute approximate surface area is 206 Å². The topological polar surface area (TPSA) is 146 Å². The Kier molecular flexibility index (Phi) is 6.67. The second-order valence-electron chi connectivity index (χ2n) is 8.40. The number of anilines is 2. The first-order valence-electron chi connectivity index (χ1n) is 11.2. The first-order chi connectivity index (χ1) is 17.2. The third-order valence-electron chi connectivity index (χ3n) is 6.29. The van der Waals surface area contributed by atoms with Crippen LogP contribution in [0.5, 0.6) is 0 Å². The van der Waals surface area contributed by atoms with Crippen molar-refractivity contribution in [2.45, 2.75) is 18.5 Å². The molecule has 1 unspecified atom stereocenters. The van der Waals surface area contributed by atoms with E-state index in [-0.39, 0.29) is 46.3 Å². The van der Waals surface area contributed by atoms with E-state index in [4.69, 9.17) is 16.2 Å². The maximum atomic E-state index is 15.1. The molecule has 188 valence electrons. The molecule has 3 aromatic rings. The van der Waals surface area contributed by atoms with Crippen LogP contribution in [0.3, 0.4) is 0 Å². The Morgan fingerprint density at radius 2 is 2.14 bits per heavy atom. The monoisotopic (exact) mass is 494 g/mol. The number of methoxy groups -OCH3 is 1. The van der Waals surface area contributed by atoms with E-state index in [1.807, 2.05) is 0 Å². The number of likely N-dealkylation sites (tertiary alicyclic amines) is 1. The molecule has 0 spiro atoms. The molecule has 0 aliphatic carbocycles. The van der Waals surface area contributed by atoms with Crippen LogP contribution in [-0.2, 0) is 16.6 Å². The minimum atomic E-state index is -0.742. The highest BCUT2D eigenvalue weighted by Gasteiger charge is 2.37. The summed E-state index contributed by atoms with van der Waals surface area (Å²) in [6.07, 6.45) is 1.78. The number of nitrogens with zero attached hydrogens (tertiary/aromatic N) is 5. The first-order valence-corrected chi connectivity index (χ1v) is 11.2. The summed E-state index contributed by atoms with van der Waals surface area (Å²) >= 11 is 0. The normalized spacial score (nSPS) is 17.2. The van der Waals surface area contributed by atoms with Crippen LogP contribution in [0.1, 0.15) is 34.1 Å². The number of rotatable bonds is 6. The van der Waals surface area contributed by atoms with Crippen molar-refractivity contribution in [2.75, 3.05) is 38.4 Å². The molecule has 1 saturated heterocycles. The molecule has 0 radical (unpaired) electrons. The predicted molar refractivity (Wildman–Crippen MR) is 133 cm³/mol. The highest BCUT2D eigenvalue weighted by Crippen LogP contribution is 2.32. The smallest absolute Gasteiger partial charge is 0.255 e. The van der Waals surface area contributed by atoms with E-state index in [1.54, 1.807) is 41.4 Å². The summed E-state index contributed by atoms with van der Waals surface area (Å²) < 4.78 is 23.5. The number of amides is 2. The number of nitrogens with two attached hydrogens (primary N) is 2. The molecule has 2 amide bonds. The molecule has 0 saturated carbocycles. The van der Waals surface area contributed by atoms with Gasteiger partial charge in [0.25, 0.3) is 5.91 Å². The maximum absolute atomic E-state index is 15.1. The average Bonchev–Trinajstić information content (AvgIpc) is 3.52. The SMILES string of the molecule is C=CC(=O)N1CC(n2nc(C#Cc3ccc4c(nc(N)n4C)c3F)c(C(N)=O)c2NC)C[C@@H]1COC. The van der Waals surface area contributed by atoms with Gasteiger partial charge in [0.15, 0.2) is 11.5 Å². The van der Waals surface area contributed by atoms with Crippen molar-refractivity contribution in [3.05, 3.63) is 47.4 Å². The fraction of sp³-hybridized carbons (Fsp3) is 0.333. The molecule has 11 nitrogen and oxygen atoms in total.